The maximum absolute atomic E-state index is 10.6. The van der Waals surface area contributed by atoms with Crippen LogP contribution in [0.15, 0.2) is 0 Å². The minimum Gasteiger partial charge on any atom is -0.318 e. The van der Waals surface area contributed by atoms with Crippen molar-refractivity contribution in [3.05, 3.63) is 0 Å². The standard InChI is InChI=1S/C5H9N3O2/c1-2-3-6-4(9)8-5(10)7-3/h3H,2H2,1H3,(H3,6,7,8,9,10). The van der Waals surface area contributed by atoms with Crippen LogP contribution in [-0.4, -0.2) is 18.2 Å². The first-order valence-corrected chi connectivity index (χ1v) is 3.10. The number of imide groups is 1. The first kappa shape index (κ1) is 6.85. The second-order valence-corrected chi connectivity index (χ2v) is 2.03. The van der Waals surface area contributed by atoms with Crippen molar-refractivity contribution in [3.63, 3.8) is 0 Å². The van der Waals surface area contributed by atoms with Crippen LogP contribution in [0.25, 0.3) is 0 Å². The molecule has 4 amide bonds. The van der Waals surface area contributed by atoms with Crippen LogP contribution in [0, 0.1) is 0 Å². The summed E-state index contributed by atoms with van der Waals surface area (Å²) in [5.41, 5.74) is 0. The minimum atomic E-state index is -0.435. The maximum atomic E-state index is 10.6. The van der Waals surface area contributed by atoms with Crippen molar-refractivity contribution in [2.75, 3.05) is 0 Å². The number of rotatable bonds is 1. The SMILES string of the molecule is CCC1NC(=O)NC(=O)N1. The Hall–Kier alpha value is -1.26. The fourth-order valence-corrected chi connectivity index (χ4v) is 0.732. The van der Waals surface area contributed by atoms with E-state index in [4.69, 9.17) is 0 Å². The van der Waals surface area contributed by atoms with Gasteiger partial charge in [-0.15, -0.1) is 0 Å². The Bertz CT molecular complexity index is 152. The molecule has 0 saturated carbocycles. The molecule has 0 aromatic heterocycles. The summed E-state index contributed by atoms with van der Waals surface area (Å²) in [4.78, 5) is 21.1. The van der Waals surface area contributed by atoms with Crippen molar-refractivity contribution in [1.82, 2.24) is 16.0 Å². The van der Waals surface area contributed by atoms with Gasteiger partial charge in [-0.3, -0.25) is 5.32 Å². The van der Waals surface area contributed by atoms with Gasteiger partial charge in [0.2, 0.25) is 0 Å². The third kappa shape index (κ3) is 1.37. The highest BCUT2D eigenvalue weighted by Gasteiger charge is 2.19. The van der Waals surface area contributed by atoms with Gasteiger partial charge < -0.3 is 10.6 Å². The van der Waals surface area contributed by atoms with Crippen LogP contribution < -0.4 is 16.0 Å². The molecule has 1 aliphatic rings. The van der Waals surface area contributed by atoms with Gasteiger partial charge in [-0.1, -0.05) is 6.92 Å². The predicted molar refractivity (Wildman–Crippen MR) is 34.3 cm³/mol. The number of carbonyl (C=O) groups is 2. The van der Waals surface area contributed by atoms with E-state index in [-0.39, 0.29) is 6.17 Å². The summed E-state index contributed by atoms with van der Waals surface area (Å²) in [6, 6.07) is -0.869. The molecule has 1 aliphatic heterocycles. The highest BCUT2D eigenvalue weighted by Crippen LogP contribution is 1.89. The van der Waals surface area contributed by atoms with Gasteiger partial charge in [0, 0.05) is 0 Å². The number of hydrogen-bond donors (Lipinski definition) is 3. The smallest absolute Gasteiger partial charge is 0.318 e. The van der Waals surface area contributed by atoms with Crippen molar-refractivity contribution in [3.8, 4) is 0 Å². The van der Waals surface area contributed by atoms with E-state index in [9.17, 15) is 9.59 Å². The zero-order valence-corrected chi connectivity index (χ0v) is 5.60. The van der Waals surface area contributed by atoms with E-state index >= 15 is 0 Å². The topological polar surface area (TPSA) is 70.2 Å². The van der Waals surface area contributed by atoms with Gasteiger partial charge in [0.15, 0.2) is 0 Å². The molecule has 0 aromatic carbocycles. The van der Waals surface area contributed by atoms with Crippen LogP contribution in [0.3, 0.4) is 0 Å². The van der Waals surface area contributed by atoms with Crippen LogP contribution in [-0.2, 0) is 0 Å². The highest BCUT2D eigenvalue weighted by molar-refractivity contribution is 5.95. The molecule has 0 bridgehead atoms. The molecule has 5 nitrogen and oxygen atoms in total. The van der Waals surface area contributed by atoms with Gasteiger partial charge >= 0.3 is 12.1 Å². The lowest BCUT2D eigenvalue weighted by Crippen LogP contribution is -2.61. The van der Waals surface area contributed by atoms with Crippen molar-refractivity contribution in [2.45, 2.75) is 19.5 Å². The molecular formula is C5H9N3O2. The molecule has 5 heteroatoms. The molecule has 10 heavy (non-hydrogen) atoms. The Labute approximate surface area is 58.2 Å². The van der Waals surface area contributed by atoms with E-state index in [1.54, 1.807) is 0 Å². The average molecular weight is 143 g/mol. The molecule has 0 atom stereocenters. The lowest BCUT2D eigenvalue weighted by Gasteiger charge is -2.23. The number of carbonyl (C=O) groups excluding carboxylic acids is 2. The normalized spacial score (nSPS) is 19.3. The Morgan fingerprint density at radius 3 is 2.20 bits per heavy atom. The molecule has 0 aliphatic carbocycles. The van der Waals surface area contributed by atoms with E-state index in [0.717, 1.165) is 0 Å². The summed E-state index contributed by atoms with van der Waals surface area (Å²) < 4.78 is 0. The Morgan fingerprint density at radius 1 is 1.30 bits per heavy atom. The van der Waals surface area contributed by atoms with E-state index < -0.39 is 12.1 Å². The largest absolute Gasteiger partial charge is 0.324 e. The summed E-state index contributed by atoms with van der Waals surface area (Å²) >= 11 is 0. The van der Waals surface area contributed by atoms with Crippen molar-refractivity contribution in [2.24, 2.45) is 0 Å². The third-order valence-electron chi connectivity index (χ3n) is 1.25. The average Bonchev–Trinajstić information content (AvgIpc) is 1.85. The van der Waals surface area contributed by atoms with Crippen LogP contribution in [0.4, 0.5) is 9.59 Å². The van der Waals surface area contributed by atoms with Crippen molar-refractivity contribution in [1.29, 1.82) is 0 Å². The summed E-state index contributed by atoms with van der Waals surface area (Å²) in [6.07, 6.45) is 0.473. The molecule has 0 radical (unpaired) electrons. The van der Waals surface area contributed by atoms with Crippen molar-refractivity contribution < 1.29 is 9.59 Å². The zero-order chi connectivity index (χ0) is 7.56. The predicted octanol–water partition coefficient (Wildman–Crippen LogP) is -0.255. The summed E-state index contributed by atoms with van der Waals surface area (Å²) in [5, 5.41) is 7.07. The van der Waals surface area contributed by atoms with Crippen LogP contribution in [0.5, 0.6) is 0 Å². The van der Waals surface area contributed by atoms with Gasteiger partial charge in [0.05, 0.1) is 0 Å². The fourth-order valence-electron chi connectivity index (χ4n) is 0.732. The molecule has 1 saturated heterocycles. The second kappa shape index (κ2) is 2.55. The lowest BCUT2D eigenvalue weighted by molar-refractivity contribution is 0.208. The van der Waals surface area contributed by atoms with Gasteiger partial charge in [-0.25, -0.2) is 9.59 Å². The number of nitrogens with one attached hydrogen (secondary N) is 3. The maximum Gasteiger partial charge on any atom is 0.324 e. The molecule has 1 fully saturated rings. The second-order valence-electron chi connectivity index (χ2n) is 2.03. The summed E-state index contributed by atoms with van der Waals surface area (Å²) in [6.45, 7) is 1.87. The molecular weight excluding hydrogens is 134 g/mol. The highest BCUT2D eigenvalue weighted by atomic mass is 16.2. The summed E-state index contributed by atoms with van der Waals surface area (Å²) in [5.74, 6) is 0. The Kier molecular flexibility index (Phi) is 1.75. The molecule has 0 spiro atoms. The van der Waals surface area contributed by atoms with E-state index in [1.807, 2.05) is 12.2 Å². The third-order valence-corrected chi connectivity index (χ3v) is 1.25. The van der Waals surface area contributed by atoms with Gasteiger partial charge in [-0.05, 0) is 6.42 Å². The molecule has 0 aromatic rings. The van der Waals surface area contributed by atoms with Gasteiger partial charge in [-0.2, -0.15) is 0 Å². The van der Waals surface area contributed by atoms with Gasteiger partial charge in [0.1, 0.15) is 6.17 Å². The van der Waals surface area contributed by atoms with Crippen LogP contribution in [0.2, 0.25) is 0 Å². The zero-order valence-electron chi connectivity index (χ0n) is 5.60. The first-order valence-electron chi connectivity index (χ1n) is 3.10. The van der Waals surface area contributed by atoms with Crippen LogP contribution >= 0.6 is 0 Å². The summed E-state index contributed by atoms with van der Waals surface area (Å²) in [7, 11) is 0. The molecule has 1 rings (SSSR count). The van der Waals surface area contributed by atoms with Crippen LogP contribution in [0.1, 0.15) is 13.3 Å². The van der Waals surface area contributed by atoms with E-state index in [1.165, 1.54) is 0 Å². The first-order chi connectivity index (χ1) is 4.72. The van der Waals surface area contributed by atoms with Gasteiger partial charge in [0.25, 0.3) is 0 Å². The molecule has 1 heterocycles. The molecule has 3 N–H and O–H groups in total. The van der Waals surface area contributed by atoms with Crippen molar-refractivity contribution >= 4 is 12.1 Å². The van der Waals surface area contributed by atoms with E-state index in [0.29, 0.717) is 6.42 Å². The Morgan fingerprint density at radius 2 is 1.80 bits per heavy atom. The number of urea groups is 2. The number of hydrogen-bond acceptors (Lipinski definition) is 2. The quantitative estimate of drug-likeness (QED) is 0.473. The monoisotopic (exact) mass is 143 g/mol. The lowest BCUT2D eigenvalue weighted by atomic mass is 10.3. The van der Waals surface area contributed by atoms with E-state index in [2.05, 4.69) is 10.6 Å². The number of amides is 4. The Balaban J connectivity index is 2.50. The molecule has 56 valence electrons. The minimum absolute atomic E-state index is 0.221. The fraction of sp³-hybridized carbons (Fsp3) is 0.600. The molecule has 0 unspecified atom stereocenters.